The molecule has 0 aliphatic heterocycles. The minimum atomic E-state index is -0.337. The molecule has 1 aromatic heterocycles. The Labute approximate surface area is 151 Å². The summed E-state index contributed by atoms with van der Waals surface area (Å²) in [4.78, 5) is 26.7. The normalized spacial score (nSPS) is 12.4. The van der Waals surface area contributed by atoms with Gasteiger partial charge in [-0.3, -0.25) is 14.3 Å². The standard InChI is InChI=1S/C20H36N2O3/c1-4-6-8-10-12-14-18(13-11-9-7-5-2)22-15-17(16-25-3)19(23)21-20(22)24/h15,18H,4-14,16H2,1-3H3,(H,21,23,24). The van der Waals surface area contributed by atoms with E-state index in [0.29, 0.717) is 5.56 Å². The van der Waals surface area contributed by atoms with Crippen LogP contribution in [-0.4, -0.2) is 16.7 Å². The SMILES string of the molecule is CCCCCCCC(CCCCCC)n1cc(COC)c(=O)[nH]c1=O. The monoisotopic (exact) mass is 352 g/mol. The van der Waals surface area contributed by atoms with Crippen LogP contribution in [-0.2, 0) is 11.3 Å². The van der Waals surface area contributed by atoms with Crippen LogP contribution in [0.4, 0.5) is 0 Å². The first-order valence-electron chi connectivity index (χ1n) is 9.97. The summed E-state index contributed by atoms with van der Waals surface area (Å²) in [6, 6.07) is 0.165. The molecule has 0 saturated heterocycles. The molecule has 0 bridgehead atoms. The van der Waals surface area contributed by atoms with Crippen molar-refractivity contribution in [3.8, 4) is 0 Å². The molecule has 25 heavy (non-hydrogen) atoms. The number of aromatic amines is 1. The molecule has 5 nitrogen and oxygen atoms in total. The largest absolute Gasteiger partial charge is 0.380 e. The molecule has 1 N–H and O–H groups in total. The van der Waals surface area contributed by atoms with Crippen molar-refractivity contribution in [1.82, 2.24) is 9.55 Å². The summed E-state index contributed by atoms with van der Waals surface area (Å²) in [5.74, 6) is 0. The quantitative estimate of drug-likeness (QED) is 0.499. The van der Waals surface area contributed by atoms with E-state index in [2.05, 4.69) is 18.8 Å². The van der Waals surface area contributed by atoms with E-state index in [1.165, 1.54) is 44.9 Å². The Morgan fingerprint density at radius 2 is 1.52 bits per heavy atom. The van der Waals surface area contributed by atoms with E-state index >= 15 is 0 Å². The van der Waals surface area contributed by atoms with Crippen molar-refractivity contribution in [3.63, 3.8) is 0 Å². The Hall–Kier alpha value is -1.36. The van der Waals surface area contributed by atoms with Crippen LogP contribution in [0.15, 0.2) is 15.8 Å². The molecule has 5 heteroatoms. The summed E-state index contributed by atoms with van der Waals surface area (Å²) in [7, 11) is 1.56. The number of nitrogens with one attached hydrogen (secondary N) is 1. The molecule has 0 spiro atoms. The van der Waals surface area contributed by atoms with Gasteiger partial charge in [0.2, 0.25) is 0 Å². The van der Waals surface area contributed by atoms with Gasteiger partial charge in [0.25, 0.3) is 5.56 Å². The van der Waals surface area contributed by atoms with Gasteiger partial charge in [-0.1, -0.05) is 71.6 Å². The molecular weight excluding hydrogens is 316 g/mol. The molecule has 0 fully saturated rings. The molecular formula is C20H36N2O3. The highest BCUT2D eigenvalue weighted by Crippen LogP contribution is 2.22. The zero-order valence-electron chi connectivity index (χ0n) is 16.3. The van der Waals surface area contributed by atoms with E-state index < -0.39 is 0 Å². The van der Waals surface area contributed by atoms with Gasteiger partial charge in [-0.2, -0.15) is 0 Å². The number of rotatable bonds is 14. The van der Waals surface area contributed by atoms with Crippen LogP contribution in [0, 0.1) is 0 Å². The van der Waals surface area contributed by atoms with Gasteiger partial charge in [0.15, 0.2) is 0 Å². The summed E-state index contributed by atoms with van der Waals surface area (Å²) >= 11 is 0. The number of H-pyrrole nitrogens is 1. The molecule has 1 unspecified atom stereocenters. The number of unbranched alkanes of at least 4 members (excludes halogenated alkanes) is 7. The van der Waals surface area contributed by atoms with Crippen LogP contribution in [0.1, 0.15) is 96.1 Å². The van der Waals surface area contributed by atoms with Crippen LogP contribution >= 0.6 is 0 Å². The van der Waals surface area contributed by atoms with Crippen LogP contribution in [0.2, 0.25) is 0 Å². The predicted octanol–water partition coefficient (Wildman–Crippen LogP) is 4.56. The minimum absolute atomic E-state index is 0.165. The van der Waals surface area contributed by atoms with Crippen molar-refractivity contribution < 1.29 is 4.74 Å². The highest BCUT2D eigenvalue weighted by Gasteiger charge is 2.14. The van der Waals surface area contributed by atoms with E-state index in [0.717, 1.165) is 25.7 Å². The zero-order valence-corrected chi connectivity index (χ0v) is 16.3. The third kappa shape index (κ3) is 8.04. The Balaban J connectivity index is 2.83. The number of ether oxygens (including phenoxy) is 1. The molecule has 0 aliphatic carbocycles. The average molecular weight is 353 g/mol. The molecule has 0 amide bonds. The molecule has 1 atom stereocenters. The summed E-state index contributed by atoms with van der Waals surface area (Å²) in [6.07, 6.45) is 14.6. The lowest BCUT2D eigenvalue weighted by Crippen LogP contribution is -2.34. The van der Waals surface area contributed by atoms with Crippen molar-refractivity contribution >= 4 is 0 Å². The zero-order chi connectivity index (χ0) is 18.5. The Bertz CT molecular complexity index is 577. The summed E-state index contributed by atoms with van der Waals surface area (Å²) in [5, 5.41) is 0. The van der Waals surface area contributed by atoms with Crippen LogP contribution in [0.3, 0.4) is 0 Å². The Morgan fingerprint density at radius 3 is 2.08 bits per heavy atom. The first-order chi connectivity index (χ1) is 12.1. The van der Waals surface area contributed by atoms with Crippen molar-refractivity contribution in [2.24, 2.45) is 0 Å². The Kier molecular flexibility index (Phi) is 11.2. The van der Waals surface area contributed by atoms with Crippen molar-refractivity contribution in [2.45, 2.75) is 97.1 Å². The second-order valence-electron chi connectivity index (χ2n) is 6.96. The number of aromatic nitrogens is 2. The van der Waals surface area contributed by atoms with E-state index in [1.54, 1.807) is 17.9 Å². The third-order valence-corrected chi connectivity index (χ3v) is 4.77. The van der Waals surface area contributed by atoms with Gasteiger partial charge in [0, 0.05) is 19.3 Å². The maximum atomic E-state index is 12.3. The van der Waals surface area contributed by atoms with Crippen molar-refractivity contribution in [3.05, 3.63) is 32.6 Å². The fourth-order valence-corrected chi connectivity index (χ4v) is 3.27. The fourth-order valence-electron chi connectivity index (χ4n) is 3.27. The molecule has 0 radical (unpaired) electrons. The number of hydrogen-bond donors (Lipinski definition) is 1. The van der Waals surface area contributed by atoms with E-state index in [-0.39, 0.29) is 23.9 Å². The third-order valence-electron chi connectivity index (χ3n) is 4.77. The minimum Gasteiger partial charge on any atom is -0.380 e. The van der Waals surface area contributed by atoms with Gasteiger partial charge in [-0.15, -0.1) is 0 Å². The first kappa shape index (κ1) is 21.7. The van der Waals surface area contributed by atoms with Crippen LogP contribution in [0.5, 0.6) is 0 Å². The predicted molar refractivity (Wildman–Crippen MR) is 103 cm³/mol. The average Bonchev–Trinajstić information content (AvgIpc) is 2.59. The lowest BCUT2D eigenvalue weighted by molar-refractivity contribution is 0.182. The molecule has 1 heterocycles. The lowest BCUT2D eigenvalue weighted by Gasteiger charge is -2.20. The first-order valence-corrected chi connectivity index (χ1v) is 9.97. The second-order valence-corrected chi connectivity index (χ2v) is 6.96. The second kappa shape index (κ2) is 12.9. The van der Waals surface area contributed by atoms with E-state index in [9.17, 15) is 9.59 Å². The fraction of sp³-hybridized carbons (Fsp3) is 0.800. The summed E-state index contributed by atoms with van der Waals surface area (Å²) < 4.78 is 6.82. The highest BCUT2D eigenvalue weighted by atomic mass is 16.5. The van der Waals surface area contributed by atoms with Gasteiger partial charge < -0.3 is 4.74 Å². The molecule has 1 aromatic rings. The number of nitrogens with zero attached hydrogens (tertiary/aromatic N) is 1. The van der Waals surface area contributed by atoms with Gasteiger partial charge in [0.05, 0.1) is 12.2 Å². The van der Waals surface area contributed by atoms with Crippen LogP contribution < -0.4 is 11.2 Å². The van der Waals surface area contributed by atoms with E-state index in [4.69, 9.17) is 4.74 Å². The maximum Gasteiger partial charge on any atom is 0.328 e. The van der Waals surface area contributed by atoms with Gasteiger partial charge in [-0.25, -0.2) is 4.79 Å². The molecule has 144 valence electrons. The number of hydrogen-bond acceptors (Lipinski definition) is 3. The topological polar surface area (TPSA) is 64.1 Å². The lowest BCUT2D eigenvalue weighted by atomic mass is 10.0. The Morgan fingerprint density at radius 1 is 0.960 bits per heavy atom. The van der Waals surface area contributed by atoms with Crippen LogP contribution in [0.25, 0.3) is 0 Å². The molecule has 0 aliphatic rings. The van der Waals surface area contributed by atoms with Gasteiger partial charge in [0.1, 0.15) is 0 Å². The molecule has 0 aromatic carbocycles. The van der Waals surface area contributed by atoms with Gasteiger partial charge >= 0.3 is 5.69 Å². The smallest absolute Gasteiger partial charge is 0.328 e. The molecule has 1 rings (SSSR count). The summed E-state index contributed by atoms with van der Waals surface area (Å²) in [5.41, 5.74) is -0.110. The number of methoxy groups -OCH3 is 1. The summed E-state index contributed by atoms with van der Waals surface area (Å²) in [6.45, 7) is 4.65. The van der Waals surface area contributed by atoms with Crippen molar-refractivity contribution in [1.29, 1.82) is 0 Å². The van der Waals surface area contributed by atoms with Gasteiger partial charge in [-0.05, 0) is 12.8 Å². The molecule has 0 saturated carbocycles. The highest BCUT2D eigenvalue weighted by molar-refractivity contribution is 5.03. The van der Waals surface area contributed by atoms with Crippen molar-refractivity contribution in [2.75, 3.05) is 7.11 Å². The van der Waals surface area contributed by atoms with E-state index in [1.807, 2.05) is 0 Å². The maximum absolute atomic E-state index is 12.3.